The number of benzene rings is 2. The number of H-pyrrole nitrogens is 1. The van der Waals surface area contributed by atoms with Gasteiger partial charge in [0, 0.05) is 22.8 Å². The van der Waals surface area contributed by atoms with Crippen LogP contribution in [-0.2, 0) is 6.42 Å². The van der Waals surface area contributed by atoms with Crippen LogP contribution in [0.4, 0.5) is 4.39 Å². The summed E-state index contributed by atoms with van der Waals surface area (Å²) in [4.78, 5) is 15.5. The van der Waals surface area contributed by atoms with E-state index in [2.05, 4.69) is 4.98 Å². The molecule has 4 nitrogen and oxygen atoms in total. The molecule has 1 atom stereocenters. The minimum Gasteiger partial charge on any atom is -0.496 e. The van der Waals surface area contributed by atoms with Gasteiger partial charge in [-0.3, -0.25) is 4.79 Å². The molecule has 4 aromatic rings. The molecular weight excluding hydrogens is 363 g/mol. The Kier molecular flexibility index (Phi) is 4.45. The molecular formula is C21H19FN2O2S. The summed E-state index contributed by atoms with van der Waals surface area (Å²) in [5.41, 5.74) is 9.59. The van der Waals surface area contributed by atoms with Gasteiger partial charge in [0.15, 0.2) is 6.30 Å². The fourth-order valence-electron chi connectivity index (χ4n) is 3.55. The predicted octanol–water partition coefficient (Wildman–Crippen LogP) is 4.52. The molecule has 1 unspecified atom stereocenters. The molecule has 2 aromatic carbocycles. The molecule has 3 N–H and O–H groups in total. The number of alkyl halides is 1. The van der Waals surface area contributed by atoms with Gasteiger partial charge in [0.05, 0.1) is 12.6 Å². The molecule has 138 valence electrons. The number of aryl methyl sites for hydroxylation is 1. The van der Waals surface area contributed by atoms with Crippen molar-refractivity contribution in [3.63, 3.8) is 0 Å². The van der Waals surface area contributed by atoms with E-state index in [0.29, 0.717) is 4.70 Å². The highest BCUT2D eigenvalue weighted by molar-refractivity contribution is 7.17. The molecule has 0 amide bonds. The van der Waals surface area contributed by atoms with Gasteiger partial charge in [-0.25, -0.2) is 4.39 Å². The average molecular weight is 382 g/mol. The van der Waals surface area contributed by atoms with E-state index in [0.717, 1.165) is 44.3 Å². The molecule has 2 heterocycles. The highest BCUT2D eigenvalue weighted by atomic mass is 32.1. The average Bonchev–Trinajstić information content (AvgIpc) is 3.13. The quantitative estimate of drug-likeness (QED) is 0.510. The van der Waals surface area contributed by atoms with E-state index in [4.69, 9.17) is 10.5 Å². The monoisotopic (exact) mass is 382 g/mol. The van der Waals surface area contributed by atoms with E-state index in [-0.39, 0.29) is 12.0 Å². The molecule has 0 saturated heterocycles. The fraction of sp³-hybridized carbons (Fsp3) is 0.190. The molecule has 0 aliphatic heterocycles. The Morgan fingerprint density at radius 2 is 2.00 bits per heavy atom. The van der Waals surface area contributed by atoms with Gasteiger partial charge in [0.2, 0.25) is 0 Å². The van der Waals surface area contributed by atoms with Crippen LogP contribution in [0.3, 0.4) is 0 Å². The van der Waals surface area contributed by atoms with E-state index in [1.165, 1.54) is 11.3 Å². The van der Waals surface area contributed by atoms with Crippen molar-refractivity contribution < 1.29 is 9.13 Å². The summed E-state index contributed by atoms with van der Waals surface area (Å²) in [6.07, 6.45) is -1.20. The normalized spacial score (nSPS) is 12.6. The zero-order valence-corrected chi connectivity index (χ0v) is 15.8. The predicted molar refractivity (Wildman–Crippen MR) is 109 cm³/mol. The third-order valence-electron chi connectivity index (χ3n) is 4.76. The van der Waals surface area contributed by atoms with Crippen LogP contribution in [0.2, 0.25) is 0 Å². The molecule has 0 saturated carbocycles. The minimum atomic E-state index is -1.37. The van der Waals surface area contributed by atoms with Crippen LogP contribution >= 0.6 is 11.3 Å². The first kappa shape index (κ1) is 17.7. The summed E-state index contributed by atoms with van der Waals surface area (Å²) in [6, 6.07) is 11.5. The Labute approximate surface area is 159 Å². The third kappa shape index (κ3) is 3.01. The molecule has 4 rings (SSSR count). The highest BCUT2D eigenvalue weighted by Gasteiger charge is 2.18. The van der Waals surface area contributed by atoms with Crippen molar-refractivity contribution >= 4 is 32.3 Å². The number of halogens is 1. The highest BCUT2D eigenvalue weighted by Crippen LogP contribution is 2.41. The Balaban J connectivity index is 2.05. The van der Waals surface area contributed by atoms with Crippen LogP contribution in [0.15, 0.2) is 46.6 Å². The maximum Gasteiger partial charge on any atom is 0.266 e. The zero-order chi connectivity index (χ0) is 19.1. The molecule has 0 aliphatic rings. The molecule has 2 aromatic heterocycles. The summed E-state index contributed by atoms with van der Waals surface area (Å²) in [6.45, 7) is 1.95. The number of hydrogen-bond acceptors (Lipinski definition) is 4. The second-order valence-corrected chi connectivity index (χ2v) is 7.47. The standard InChI is InChI=1S/C21H19FN2O2S/c1-11-9-15(26-2)17(13-5-3-12(4-6-13)10-16(22)23)18-14-7-8-27-20(14)21(25)24-19(11)18/h3-9,16H,10,23H2,1-2H3,(H,24,25). The Bertz CT molecular complexity index is 1190. The van der Waals surface area contributed by atoms with Crippen molar-refractivity contribution in [2.24, 2.45) is 5.73 Å². The number of thiophene rings is 1. The number of nitrogens with two attached hydrogens (primary N) is 1. The van der Waals surface area contributed by atoms with E-state index in [1.807, 2.05) is 48.7 Å². The summed E-state index contributed by atoms with van der Waals surface area (Å²) < 4.78 is 19.4. The van der Waals surface area contributed by atoms with Crippen LogP contribution in [0, 0.1) is 6.92 Å². The Hall–Kier alpha value is -2.70. The number of aromatic nitrogens is 1. The number of methoxy groups -OCH3 is 1. The third-order valence-corrected chi connectivity index (χ3v) is 5.67. The lowest BCUT2D eigenvalue weighted by molar-refractivity contribution is 0.343. The number of pyridine rings is 1. The lowest BCUT2D eigenvalue weighted by Crippen LogP contribution is -2.15. The summed E-state index contributed by atoms with van der Waals surface area (Å²) in [7, 11) is 1.64. The molecule has 27 heavy (non-hydrogen) atoms. The van der Waals surface area contributed by atoms with Gasteiger partial charge in [0.1, 0.15) is 10.4 Å². The largest absolute Gasteiger partial charge is 0.496 e. The molecule has 0 spiro atoms. The molecule has 0 aliphatic carbocycles. The van der Waals surface area contributed by atoms with Crippen LogP contribution < -0.4 is 16.0 Å². The second kappa shape index (κ2) is 6.79. The molecule has 0 fully saturated rings. The maximum atomic E-state index is 13.1. The molecule has 0 radical (unpaired) electrons. The Morgan fingerprint density at radius 1 is 1.26 bits per heavy atom. The van der Waals surface area contributed by atoms with E-state index in [1.54, 1.807) is 7.11 Å². The van der Waals surface area contributed by atoms with Crippen LogP contribution in [-0.4, -0.2) is 18.4 Å². The Morgan fingerprint density at radius 3 is 2.67 bits per heavy atom. The summed E-state index contributed by atoms with van der Waals surface area (Å²) >= 11 is 1.42. The van der Waals surface area contributed by atoms with Gasteiger partial charge >= 0.3 is 0 Å². The van der Waals surface area contributed by atoms with Crippen molar-refractivity contribution in [2.45, 2.75) is 19.6 Å². The maximum absolute atomic E-state index is 13.1. The number of aromatic amines is 1. The molecule has 0 bridgehead atoms. The van der Waals surface area contributed by atoms with Gasteiger partial charge in [-0.1, -0.05) is 24.3 Å². The van der Waals surface area contributed by atoms with Crippen LogP contribution in [0.1, 0.15) is 11.1 Å². The van der Waals surface area contributed by atoms with Crippen molar-refractivity contribution in [1.82, 2.24) is 4.98 Å². The number of hydrogen-bond donors (Lipinski definition) is 2. The van der Waals surface area contributed by atoms with Crippen molar-refractivity contribution in [3.8, 4) is 16.9 Å². The van der Waals surface area contributed by atoms with Crippen molar-refractivity contribution in [1.29, 1.82) is 0 Å². The SMILES string of the molecule is COc1cc(C)c2[nH]c(=O)c3sccc3c2c1-c1ccc(CC(N)F)cc1. The molecule has 6 heteroatoms. The summed E-state index contributed by atoms with van der Waals surface area (Å²) in [5, 5.41) is 3.78. The van der Waals surface area contributed by atoms with Crippen LogP contribution in [0.25, 0.3) is 32.1 Å². The lowest BCUT2D eigenvalue weighted by Gasteiger charge is -2.16. The van der Waals surface area contributed by atoms with Gasteiger partial charge in [-0.05, 0) is 41.1 Å². The van der Waals surface area contributed by atoms with Crippen LogP contribution in [0.5, 0.6) is 5.75 Å². The number of ether oxygens (including phenoxy) is 1. The topological polar surface area (TPSA) is 68.1 Å². The van der Waals surface area contributed by atoms with Gasteiger partial charge in [-0.2, -0.15) is 0 Å². The first-order valence-corrected chi connectivity index (χ1v) is 9.47. The minimum absolute atomic E-state index is 0.0843. The van der Waals surface area contributed by atoms with Gasteiger partial charge < -0.3 is 15.5 Å². The fourth-order valence-corrected chi connectivity index (χ4v) is 4.34. The van der Waals surface area contributed by atoms with E-state index in [9.17, 15) is 9.18 Å². The van der Waals surface area contributed by atoms with Crippen molar-refractivity contribution in [2.75, 3.05) is 7.11 Å². The van der Waals surface area contributed by atoms with Gasteiger partial charge in [0.25, 0.3) is 5.56 Å². The van der Waals surface area contributed by atoms with Gasteiger partial charge in [-0.15, -0.1) is 11.3 Å². The number of nitrogens with one attached hydrogen (secondary N) is 1. The zero-order valence-electron chi connectivity index (χ0n) is 15.0. The van der Waals surface area contributed by atoms with E-state index >= 15 is 0 Å². The van der Waals surface area contributed by atoms with E-state index < -0.39 is 6.30 Å². The first-order valence-electron chi connectivity index (χ1n) is 8.59. The first-order chi connectivity index (χ1) is 13.0. The lowest BCUT2D eigenvalue weighted by atomic mass is 9.94. The van der Waals surface area contributed by atoms with Crippen molar-refractivity contribution in [3.05, 3.63) is 63.3 Å². The summed E-state index contributed by atoms with van der Waals surface area (Å²) in [5.74, 6) is 0.731. The second-order valence-electron chi connectivity index (χ2n) is 6.56. The number of fused-ring (bicyclic) bond motifs is 3. The smallest absolute Gasteiger partial charge is 0.266 e. The number of rotatable bonds is 4.